The molecule has 2 aromatic heterocycles. The molecule has 1 atom stereocenters. The van der Waals surface area contributed by atoms with Gasteiger partial charge < -0.3 is 5.32 Å². The highest BCUT2D eigenvalue weighted by atomic mass is 32.1. The Morgan fingerprint density at radius 3 is 2.95 bits per heavy atom. The number of nitrogens with one attached hydrogen (secondary N) is 1. The Bertz CT molecular complexity index is 634. The molecule has 2 heterocycles. The molecule has 0 radical (unpaired) electrons. The fourth-order valence-corrected chi connectivity index (χ4v) is 2.38. The normalized spacial score (nSPS) is 11.6. The van der Waals surface area contributed by atoms with E-state index in [1.54, 1.807) is 17.4 Å². The second-order valence-corrected chi connectivity index (χ2v) is 4.79. The van der Waals surface area contributed by atoms with E-state index >= 15 is 0 Å². The van der Waals surface area contributed by atoms with Crippen molar-refractivity contribution in [2.75, 3.05) is 5.32 Å². The van der Waals surface area contributed by atoms with Gasteiger partial charge in [0.25, 0.3) is 0 Å². The van der Waals surface area contributed by atoms with Gasteiger partial charge >= 0.3 is 5.69 Å². The van der Waals surface area contributed by atoms with Gasteiger partial charge in [0.15, 0.2) is 0 Å². The molecule has 0 aliphatic heterocycles. The van der Waals surface area contributed by atoms with E-state index < -0.39 is 4.92 Å². The quantitative estimate of drug-likeness (QED) is 0.683. The predicted octanol–water partition coefficient (Wildman–Crippen LogP) is 3.10. The minimum absolute atomic E-state index is 0.000814. The first-order valence-corrected chi connectivity index (χ1v) is 6.35. The highest BCUT2D eigenvalue weighted by Gasteiger charge is 2.22. The maximum Gasteiger partial charge on any atom is 0.328 e. The molecular formula is C12H10N4O2S. The molecule has 0 aliphatic carbocycles. The lowest BCUT2D eigenvalue weighted by molar-refractivity contribution is -0.384. The molecule has 0 fully saturated rings. The van der Waals surface area contributed by atoms with E-state index in [4.69, 9.17) is 5.26 Å². The lowest BCUT2D eigenvalue weighted by atomic mass is 10.2. The molecule has 0 spiro atoms. The number of rotatable bonds is 4. The van der Waals surface area contributed by atoms with E-state index in [0.717, 1.165) is 4.88 Å². The van der Waals surface area contributed by atoms with Crippen LogP contribution in [0, 0.1) is 21.4 Å². The van der Waals surface area contributed by atoms with Crippen molar-refractivity contribution in [1.82, 2.24) is 4.98 Å². The Labute approximate surface area is 113 Å². The third kappa shape index (κ3) is 2.69. The number of hydrogen-bond donors (Lipinski definition) is 1. The smallest absolute Gasteiger partial charge is 0.328 e. The number of hydrogen-bond acceptors (Lipinski definition) is 6. The van der Waals surface area contributed by atoms with Gasteiger partial charge in [-0.05, 0) is 24.4 Å². The second kappa shape index (κ2) is 5.46. The molecule has 1 unspecified atom stereocenters. The van der Waals surface area contributed by atoms with Crippen LogP contribution in [0.2, 0.25) is 0 Å². The molecule has 2 aromatic rings. The van der Waals surface area contributed by atoms with Crippen LogP contribution in [-0.2, 0) is 0 Å². The second-order valence-electron chi connectivity index (χ2n) is 3.81. The zero-order chi connectivity index (χ0) is 13.8. The van der Waals surface area contributed by atoms with Crippen LogP contribution in [0.15, 0.2) is 29.8 Å². The van der Waals surface area contributed by atoms with Gasteiger partial charge in [-0.2, -0.15) is 5.26 Å². The molecule has 0 saturated carbocycles. The maximum absolute atomic E-state index is 11.0. The van der Waals surface area contributed by atoms with Crippen molar-refractivity contribution in [1.29, 1.82) is 5.26 Å². The van der Waals surface area contributed by atoms with Crippen LogP contribution in [0.3, 0.4) is 0 Å². The van der Waals surface area contributed by atoms with Crippen molar-refractivity contribution < 1.29 is 4.92 Å². The topological polar surface area (TPSA) is 91.8 Å². The summed E-state index contributed by atoms with van der Waals surface area (Å²) >= 11 is 1.55. The molecule has 7 heteroatoms. The minimum Gasteiger partial charge on any atom is -0.357 e. The molecule has 0 aromatic carbocycles. The number of thiophene rings is 1. The Hall–Kier alpha value is -2.46. The van der Waals surface area contributed by atoms with Crippen LogP contribution >= 0.6 is 11.3 Å². The average Bonchev–Trinajstić information content (AvgIpc) is 2.92. The number of pyridine rings is 1. The summed E-state index contributed by atoms with van der Waals surface area (Å²) in [5, 5.41) is 24.9. The van der Waals surface area contributed by atoms with Crippen LogP contribution < -0.4 is 5.32 Å². The number of nitrogens with zero attached hydrogens (tertiary/aromatic N) is 3. The van der Waals surface area contributed by atoms with Gasteiger partial charge in [-0.25, -0.2) is 4.98 Å². The van der Waals surface area contributed by atoms with E-state index in [0.29, 0.717) is 0 Å². The van der Waals surface area contributed by atoms with E-state index in [2.05, 4.69) is 10.3 Å². The first kappa shape index (κ1) is 13.0. The summed E-state index contributed by atoms with van der Waals surface area (Å²) in [5.74, 6) is 0.116. The molecule has 0 aliphatic rings. The van der Waals surface area contributed by atoms with Gasteiger partial charge in [-0.1, -0.05) is 6.07 Å². The van der Waals surface area contributed by atoms with Crippen LogP contribution in [0.25, 0.3) is 0 Å². The summed E-state index contributed by atoms with van der Waals surface area (Å²) < 4.78 is 0. The maximum atomic E-state index is 11.0. The monoisotopic (exact) mass is 274 g/mol. The molecule has 0 bridgehead atoms. The van der Waals surface area contributed by atoms with Crippen LogP contribution in [-0.4, -0.2) is 9.91 Å². The van der Waals surface area contributed by atoms with Crippen molar-refractivity contribution >= 4 is 22.8 Å². The SMILES string of the molecule is CC(Nc1nccc(C#N)c1[N+](=O)[O-])c1cccs1. The predicted molar refractivity (Wildman–Crippen MR) is 72.0 cm³/mol. The van der Waals surface area contributed by atoms with Crippen LogP contribution in [0.4, 0.5) is 11.5 Å². The molecule has 2 rings (SSSR count). The number of nitriles is 1. The zero-order valence-electron chi connectivity index (χ0n) is 10.0. The van der Waals surface area contributed by atoms with Crippen LogP contribution in [0.1, 0.15) is 23.4 Å². The van der Waals surface area contributed by atoms with E-state index in [1.807, 2.05) is 24.4 Å². The van der Waals surface area contributed by atoms with Crippen molar-refractivity contribution in [3.63, 3.8) is 0 Å². The zero-order valence-corrected chi connectivity index (χ0v) is 10.8. The average molecular weight is 274 g/mol. The van der Waals surface area contributed by atoms with E-state index in [1.165, 1.54) is 12.3 Å². The lowest BCUT2D eigenvalue weighted by Gasteiger charge is -2.12. The van der Waals surface area contributed by atoms with Crippen molar-refractivity contribution in [3.05, 3.63) is 50.3 Å². The fourth-order valence-electron chi connectivity index (χ4n) is 1.65. The summed E-state index contributed by atoms with van der Waals surface area (Å²) in [5.41, 5.74) is -0.283. The lowest BCUT2D eigenvalue weighted by Crippen LogP contribution is -2.09. The Morgan fingerprint density at radius 1 is 1.58 bits per heavy atom. The van der Waals surface area contributed by atoms with Gasteiger partial charge in [0.05, 0.1) is 11.0 Å². The van der Waals surface area contributed by atoms with Crippen molar-refractivity contribution in [3.8, 4) is 6.07 Å². The summed E-state index contributed by atoms with van der Waals surface area (Å²) in [6.45, 7) is 1.89. The molecule has 6 nitrogen and oxygen atoms in total. The number of anilines is 1. The van der Waals surface area contributed by atoms with E-state index in [-0.39, 0.29) is 23.1 Å². The van der Waals surface area contributed by atoms with Gasteiger partial charge in [-0.15, -0.1) is 11.3 Å². The molecule has 96 valence electrons. The molecular weight excluding hydrogens is 264 g/mol. The summed E-state index contributed by atoms with van der Waals surface area (Å²) in [6.07, 6.45) is 1.38. The first-order valence-electron chi connectivity index (χ1n) is 5.47. The summed E-state index contributed by atoms with van der Waals surface area (Å²) in [7, 11) is 0. The largest absolute Gasteiger partial charge is 0.357 e. The number of aromatic nitrogens is 1. The van der Waals surface area contributed by atoms with Crippen LogP contribution in [0.5, 0.6) is 0 Å². The Kier molecular flexibility index (Phi) is 3.73. The van der Waals surface area contributed by atoms with Gasteiger partial charge in [0.1, 0.15) is 11.6 Å². The van der Waals surface area contributed by atoms with Crippen molar-refractivity contribution in [2.45, 2.75) is 13.0 Å². The Balaban J connectivity index is 2.35. The fraction of sp³-hybridized carbons (Fsp3) is 0.167. The molecule has 0 saturated heterocycles. The van der Waals surface area contributed by atoms with Gasteiger partial charge in [0.2, 0.25) is 5.82 Å². The van der Waals surface area contributed by atoms with E-state index in [9.17, 15) is 10.1 Å². The third-order valence-electron chi connectivity index (χ3n) is 2.55. The summed E-state index contributed by atoms with van der Waals surface area (Å²) in [4.78, 5) is 15.5. The third-order valence-corrected chi connectivity index (χ3v) is 3.61. The standard InChI is InChI=1S/C12H10N4O2S/c1-8(10-3-2-6-19-10)15-12-11(16(17)18)9(7-13)4-5-14-12/h2-6,8H,1H3,(H,14,15). The molecule has 19 heavy (non-hydrogen) atoms. The molecule has 0 amide bonds. The molecule has 1 N–H and O–H groups in total. The summed E-state index contributed by atoms with van der Waals surface area (Å²) in [6, 6.07) is 6.87. The first-order chi connectivity index (χ1) is 9.13. The number of nitro groups is 1. The Morgan fingerprint density at radius 2 is 2.37 bits per heavy atom. The van der Waals surface area contributed by atoms with Crippen molar-refractivity contribution in [2.24, 2.45) is 0 Å². The minimum atomic E-state index is -0.588. The highest BCUT2D eigenvalue weighted by molar-refractivity contribution is 7.10. The van der Waals surface area contributed by atoms with Gasteiger partial charge in [-0.3, -0.25) is 10.1 Å². The highest BCUT2D eigenvalue weighted by Crippen LogP contribution is 2.30. The van der Waals surface area contributed by atoms with Gasteiger partial charge in [0, 0.05) is 11.1 Å².